The molecule has 3 aliphatic rings. The Morgan fingerprint density at radius 3 is 2.73 bits per heavy atom. The van der Waals surface area contributed by atoms with Crippen molar-refractivity contribution >= 4 is 51.7 Å². The summed E-state index contributed by atoms with van der Waals surface area (Å²) in [6.45, 7) is 2.85. The zero-order valence-corrected chi connectivity index (χ0v) is 19.9. The summed E-state index contributed by atoms with van der Waals surface area (Å²) in [6, 6.07) is -0.937. The first-order valence-corrected chi connectivity index (χ1v) is 12.0. The first-order chi connectivity index (χ1) is 15.6. The van der Waals surface area contributed by atoms with E-state index in [1.54, 1.807) is 5.38 Å². The van der Waals surface area contributed by atoms with Gasteiger partial charge in [0.1, 0.15) is 36.9 Å². The smallest absolute Gasteiger partial charge is 0.358 e. The zero-order valence-electron chi connectivity index (χ0n) is 18.2. The molecule has 0 radical (unpaired) electrons. The highest BCUT2D eigenvalue weighted by molar-refractivity contribution is 8.00. The Morgan fingerprint density at radius 1 is 1.45 bits per heavy atom. The van der Waals surface area contributed by atoms with Gasteiger partial charge in [-0.3, -0.25) is 19.0 Å². The van der Waals surface area contributed by atoms with Crippen LogP contribution in [0.5, 0.6) is 0 Å². The van der Waals surface area contributed by atoms with E-state index < -0.39 is 35.3 Å². The largest absolute Gasteiger partial charge is 0.476 e. The summed E-state index contributed by atoms with van der Waals surface area (Å²) in [6.07, 6.45) is 0.0353. The summed E-state index contributed by atoms with van der Waals surface area (Å²) in [5.74, 6) is -2.41. The number of β-lactam (4-membered cyclic amide) rings is 1. The number of nitrogens with one attached hydrogen (secondary N) is 1. The second-order valence-electron chi connectivity index (χ2n) is 8.31. The first-order valence-electron chi connectivity index (χ1n) is 10.2. The SMILES string of the molecule is CO/N=C(\C(=O)NC1C(=O)N2C(C(=O)O)=C([N+]3(C)CCC(O)C3)C(C)S[C@H]12)c1csc(N)n1. The number of hydrogen-bond donors (Lipinski definition) is 4. The van der Waals surface area contributed by atoms with Crippen molar-refractivity contribution in [2.75, 3.05) is 33.0 Å². The fourth-order valence-corrected chi connectivity index (χ4v) is 6.81. The highest BCUT2D eigenvalue weighted by Gasteiger charge is 2.59. The number of amides is 2. The van der Waals surface area contributed by atoms with Gasteiger partial charge in [0.25, 0.3) is 11.8 Å². The number of carbonyl (C=O) groups is 3. The molecule has 4 unspecified atom stereocenters. The van der Waals surface area contributed by atoms with Crippen LogP contribution in [0.4, 0.5) is 5.13 Å². The number of thiazole rings is 1. The lowest BCUT2D eigenvalue weighted by atomic mass is 10.0. The number of aliphatic hydroxyl groups is 1. The van der Waals surface area contributed by atoms with Crippen LogP contribution in [0.1, 0.15) is 19.0 Å². The van der Waals surface area contributed by atoms with Crippen LogP contribution in [-0.2, 0) is 19.2 Å². The molecule has 0 spiro atoms. The Balaban J connectivity index is 1.60. The molecule has 4 heterocycles. The maximum atomic E-state index is 13.0. The van der Waals surface area contributed by atoms with Gasteiger partial charge >= 0.3 is 5.97 Å². The van der Waals surface area contributed by atoms with E-state index in [2.05, 4.69) is 15.5 Å². The third kappa shape index (κ3) is 3.96. The first kappa shape index (κ1) is 23.5. The zero-order chi connectivity index (χ0) is 24.1. The predicted molar refractivity (Wildman–Crippen MR) is 121 cm³/mol. The molecule has 14 heteroatoms. The summed E-state index contributed by atoms with van der Waals surface area (Å²) in [7, 11) is 3.16. The number of nitrogen functional groups attached to an aromatic ring is 1. The Hall–Kier alpha value is -2.68. The number of hydrogen-bond acceptors (Lipinski definition) is 10. The fraction of sp³-hybridized carbons (Fsp3) is 0.526. The number of carboxylic acids is 1. The molecule has 1 aromatic heterocycles. The summed E-state index contributed by atoms with van der Waals surface area (Å²) < 4.78 is 0.264. The van der Waals surface area contributed by atoms with Gasteiger partial charge in [-0.15, -0.1) is 23.1 Å². The lowest BCUT2D eigenvalue weighted by Crippen LogP contribution is -2.72. The molecule has 1 aromatic rings. The minimum absolute atomic E-state index is 0.0728. The summed E-state index contributed by atoms with van der Waals surface area (Å²) >= 11 is 2.53. The van der Waals surface area contributed by atoms with E-state index in [4.69, 9.17) is 10.6 Å². The number of aliphatic hydroxyl groups excluding tert-OH is 1. The summed E-state index contributed by atoms with van der Waals surface area (Å²) in [4.78, 5) is 48.2. The lowest BCUT2D eigenvalue weighted by molar-refractivity contribution is -0.863. The topological polar surface area (TPSA) is 167 Å². The maximum absolute atomic E-state index is 13.0. The Bertz CT molecular complexity index is 1070. The van der Waals surface area contributed by atoms with Crippen LogP contribution in [0.2, 0.25) is 0 Å². The molecule has 2 amide bonds. The maximum Gasteiger partial charge on any atom is 0.358 e. The van der Waals surface area contributed by atoms with E-state index in [9.17, 15) is 24.6 Å². The third-order valence-corrected chi connectivity index (χ3v) is 8.13. The predicted octanol–water partition coefficient (Wildman–Crippen LogP) is -0.628. The second-order valence-corrected chi connectivity index (χ2v) is 10.7. The number of carbonyl (C=O) groups excluding carboxylic acids is 2. The minimum atomic E-state index is -1.21. The van der Waals surface area contributed by atoms with Crippen molar-refractivity contribution in [1.82, 2.24) is 15.2 Å². The summed E-state index contributed by atoms with van der Waals surface area (Å²) in [5.41, 5.74) is 6.24. The van der Waals surface area contributed by atoms with E-state index >= 15 is 0 Å². The molecule has 12 nitrogen and oxygen atoms in total. The van der Waals surface area contributed by atoms with Gasteiger partial charge < -0.3 is 26.1 Å². The van der Waals surface area contributed by atoms with Gasteiger partial charge in [-0.25, -0.2) is 9.78 Å². The van der Waals surface area contributed by atoms with Gasteiger partial charge in [0.15, 0.2) is 22.2 Å². The number of oxime groups is 1. The van der Waals surface area contributed by atoms with Crippen LogP contribution < -0.4 is 11.1 Å². The number of likely N-dealkylation sites (tertiary alicyclic amines) is 1. The van der Waals surface area contributed by atoms with E-state index in [1.807, 2.05) is 14.0 Å². The number of nitrogens with two attached hydrogens (primary N) is 1. The molecule has 3 aliphatic heterocycles. The number of thioether (sulfide) groups is 1. The Labute approximate surface area is 197 Å². The van der Waals surface area contributed by atoms with Gasteiger partial charge in [-0.05, 0) is 6.92 Å². The molecule has 0 aromatic carbocycles. The number of likely N-dealkylation sites (N-methyl/N-ethyl adjacent to an activating group) is 1. The van der Waals surface area contributed by atoms with Gasteiger partial charge in [0.05, 0.1) is 18.8 Å². The molecular weight excluding hydrogens is 472 g/mol. The average molecular weight is 498 g/mol. The van der Waals surface area contributed by atoms with Crippen LogP contribution >= 0.6 is 23.1 Å². The van der Waals surface area contributed by atoms with Gasteiger partial charge in [0, 0.05) is 11.8 Å². The highest BCUT2D eigenvalue weighted by atomic mass is 32.2. The van der Waals surface area contributed by atoms with E-state index in [-0.39, 0.29) is 32.0 Å². The van der Waals surface area contributed by atoms with Crippen molar-refractivity contribution < 1.29 is 33.9 Å². The van der Waals surface area contributed by atoms with Crippen LogP contribution in [0.25, 0.3) is 0 Å². The number of aromatic nitrogens is 1. The Kier molecular flexibility index (Phi) is 6.11. The number of carboxylic acid groups (broad SMARTS) is 1. The normalized spacial score (nSPS) is 31.8. The molecule has 5 atom stereocenters. The van der Waals surface area contributed by atoms with Gasteiger partial charge in [0.2, 0.25) is 0 Å². The van der Waals surface area contributed by atoms with Crippen molar-refractivity contribution in [3.63, 3.8) is 0 Å². The fourth-order valence-electron chi connectivity index (χ4n) is 4.67. The van der Waals surface area contributed by atoms with Crippen LogP contribution in [0, 0.1) is 0 Å². The average Bonchev–Trinajstić information content (AvgIpc) is 3.33. The molecule has 2 fully saturated rings. The number of aliphatic carboxylic acids is 1. The second kappa shape index (κ2) is 8.59. The van der Waals surface area contributed by atoms with Crippen molar-refractivity contribution in [1.29, 1.82) is 0 Å². The monoisotopic (exact) mass is 497 g/mol. The number of fused-ring (bicyclic) bond motifs is 1. The van der Waals surface area contributed by atoms with E-state index in [0.29, 0.717) is 25.2 Å². The highest BCUT2D eigenvalue weighted by Crippen LogP contribution is 2.47. The number of quaternary nitrogens is 1. The third-order valence-electron chi connectivity index (χ3n) is 6.06. The minimum Gasteiger partial charge on any atom is -0.476 e. The number of rotatable bonds is 6. The van der Waals surface area contributed by atoms with Gasteiger partial charge in [-0.2, -0.15) is 0 Å². The Morgan fingerprint density at radius 2 is 2.18 bits per heavy atom. The van der Waals surface area contributed by atoms with Crippen LogP contribution in [-0.4, -0.2) is 98.1 Å². The summed E-state index contributed by atoms with van der Waals surface area (Å²) in [5, 5.41) is 27.4. The standard InChI is InChI=1S/C19H24N6O6S2/c1-8-14(25(2)5-4-9(26)6-25)13(18(29)30)24-16(28)12(17(24)33-8)22-15(27)11(23-31-3)10-7-32-19(20)21-10/h7-9,12,17,26H,4-6H2,1-3H3,(H3-,20,21,22,27,29,30)/p+1/b23-11-/t8?,9?,12?,17-,25?/m1/s1. The number of anilines is 1. The van der Waals surface area contributed by atoms with Gasteiger partial charge in [-0.1, -0.05) is 5.16 Å². The molecular formula is C19H25N6O6S2+. The quantitative estimate of drug-likeness (QED) is 0.173. The number of nitrogens with zero attached hydrogens (tertiary/aromatic N) is 4. The van der Waals surface area contributed by atoms with Crippen molar-refractivity contribution in [3.05, 3.63) is 22.5 Å². The van der Waals surface area contributed by atoms with Crippen molar-refractivity contribution in [2.45, 2.75) is 36.1 Å². The van der Waals surface area contributed by atoms with E-state index in [1.165, 1.54) is 23.8 Å². The molecule has 0 saturated carbocycles. The molecule has 0 bridgehead atoms. The van der Waals surface area contributed by atoms with Crippen molar-refractivity contribution in [3.8, 4) is 0 Å². The lowest BCUT2D eigenvalue weighted by Gasteiger charge is -2.52. The molecule has 2 saturated heterocycles. The van der Waals surface area contributed by atoms with Crippen molar-refractivity contribution in [2.24, 2.45) is 5.16 Å². The molecule has 4 rings (SSSR count). The molecule has 178 valence electrons. The van der Waals surface area contributed by atoms with Crippen LogP contribution in [0.3, 0.4) is 0 Å². The molecule has 5 N–H and O–H groups in total. The van der Waals surface area contributed by atoms with Crippen LogP contribution in [0.15, 0.2) is 21.9 Å². The molecule has 0 aliphatic carbocycles. The van der Waals surface area contributed by atoms with E-state index in [0.717, 1.165) is 11.3 Å². The molecule has 33 heavy (non-hydrogen) atoms.